The quantitative estimate of drug-likeness (QED) is 0.819. The Bertz CT molecular complexity index is 596. The largest absolute Gasteiger partial charge is 0.433 e. The summed E-state index contributed by atoms with van der Waals surface area (Å²) in [5.41, 5.74) is -0.161. The molecule has 0 radical (unpaired) electrons. The van der Waals surface area contributed by atoms with E-state index >= 15 is 0 Å². The maximum Gasteiger partial charge on any atom is 0.433 e. The van der Waals surface area contributed by atoms with Gasteiger partial charge in [-0.2, -0.15) is 13.2 Å². The lowest BCUT2D eigenvalue weighted by Crippen LogP contribution is -2.08. The number of pyridine rings is 1. The molecular weight excluding hydrogens is 340 g/mol. The van der Waals surface area contributed by atoms with Crippen LogP contribution in [0.15, 0.2) is 41.0 Å². The van der Waals surface area contributed by atoms with Crippen LogP contribution in [0.3, 0.4) is 0 Å². The number of alkyl halides is 3. The van der Waals surface area contributed by atoms with Crippen molar-refractivity contribution >= 4 is 21.6 Å². The first-order valence-electron chi connectivity index (χ1n) is 5.57. The molecular formula is C13H9BrF4N2. The maximum atomic E-state index is 13.5. The number of hydrogen-bond acceptors (Lipinski definition) is 2. The summed E-state index contributed by atoms with van der Waals surface area (Å²) in [6, 6.07) is 6.73. The van der Waals surface area contributed by atoms with Crippen LogP contribution in [0.4, 0.5) is 23.2 Å². The molecule has 0 fully saturated rings. The summed E-state index contributed by atoms with van der Waals surface area (Å²) in [5.74, 6) is -0.397. The van der Waals surface area contributed by atoms with Crippen LogP contribution < -0.4 is 5.32 Å². The third-order valence-electron chi connectivity index (χ3n) is 2.55. The predicted molar refractivity (Wildman–Crippen MR) is 70.7 cm³/mol. The lowest BCUT2D eigenvalue weighted by molar-refractivity contribution is -0.141. The van der Waals surface area contributed by atoms with Crippen molar-refractivity contribution in [3.63, 3.8) is 0 Å². The predicted octanol–water partition coefficient (Wildman–Crippen LogP) is 4.61. The molecule has 2 aromatic rings. The van der Waals surface area contributed by atoms with E-state index in [0.29, 0.717) is 15.7 Å². The standard InChI is InChI=1S/C13H9BrF4N2/c14-9-2-1-8(11(15)5-9)6-19-10-3-4-12(20-7-10)13(16,17)18/h1-5,7,19H,6H2. The molecule has 1 heterocycles. The van der Waals surface area contributed by atoms with Gasteiger partial charge >= 0.3 is 6.18 Å². The van der Waals surface area contributed by atoms with Crippen molar-refractivity contribution in [1.82, 2.24) is 4.98 Å². The number of nitrogens with one attached hydrogen (secondary N) is 1. The first kappa shape index (κ1) is 14.8. The first-order valence-corrected chi connectivity index (χ1v) is 6.36. The molecule has 0 amide bonds. The molecule has 1 aromatic heterocycles. The lowest BCUT2D eigenvalue weighted by atomic mass is 10.2. The Morgan fingerprint density at radius 3 is 2.45 bits per heavy atom. The second-order valence-electron chi connectivity index (χ2n) is 4.02. The van der Waals surface area contributed by atoms with E-state index in [4.69, 9.17) is 0 Å². The summed E-state index contributed by atoms with van der Waals surface area (Å²) < 4.78 is 51.1. The van der Waals surface area contributed by atoms with Crippen molar-refractivity contribution in [2.75, 3.05) is 5.32 Å². The van der Waals surface area contributed by atoms with E-state index in [-0.39, 0.29) is 6.54 Å². The molecule has 2 rings (SSSR count). The summed E-state index contributed by atoms with van der Waals surface area (Å²) in [6.07, 6.45) is -3.39. The van der Waals surface area contributed by atoms with Crippen LogP contribution in [-0.4, -0.2) is 4.98 Å². The minimum absolute atomic E-state index is 0.159. The zero-order valence-electron chi connectivity index (χ0n) is 10.0. The average Bonchev–Trinajstić information content (AvgIpc) is 2.37. The highest BCUT2D eigenvalue weighted by molar-refractivity contribution is 9.10. The Labute approximate surface area is 121 Å². The van der Waals surface area contributed by atoms with E-state index in [1.54, 1.807) is 12.1 Å². The minimum Gasteiger partial charge on any atom is -0.380 e. The van der Waals surface area contributed by atoms with Gasteiger partial charge in [-0.15, -0.1) is 0 Å². The van der Waals surface area contributed by atoms with Gasteiger partial charge in [0.05, 0.1) is 11.9 Å². The smallest absolute Gasteiger partial charge is 0.380 e. The summed E-state index contributed by atoms with van der Waals surface area (Å²) in [6.45, 7) is 0.159. The van der Waals surface area contributed by atoms with E-state index in [2.05, 4.69) is 26.2 Å². The fourth-order valence-corrected chi connectivity index (χ4v) is 1.86. The van der Waals surface area contributed by atoms with Gasteiger partial charge in [-0.3, -0.25) is 0 Å². The van der Waals surface area contributed by atoms with E-state index < -0.39 is 17.7 Å². The molecule has 0 saturated heterocycles. The monoisotopic (exact) mass is 348 g/mol. The third kappa shape index (κ3) is 3.69. The highest BCUT2D eigenvalue weighted by Crippen LogP contribution is 2.27. The van der Waals surface area contributed by atoms with Crippen molar-refractivity contribution in [3.05, 3.63) is 58.1 Å². The molecule has 0 aliphatic heterocycles. The molecule has 0 saturated carbocycles. The van der Waals surface area contributed by atoms with Crippen molar-refractivity contribution in [2.24, 2.45) is 0 Å². The number of benzene rings is 1. The van der Waals surface area contributed by atoms with E-state index in [1.165, 1.54) is 12.1 Å². The van der Waals surface area contributed by atoms with Gasteiger partial charge in [-0.1, -0.05) is 22.0 Å². The second-order valence-corrected chi connectivity index (χ2v) is 4.93. The van der Waals surface area contributed by atoms with Crippen LogP contribution in [0.2, 0.25) is 0 Å². The van der Waals surface area contributed by atoms with E-state index in [1.807, 2.05) is 0 Å². The lowest BCUT2D eigenvalue weighted by Gasteiger charge is -2.09. The SMILES string of the molecule is Fc1cc(Br)ccc1CNc1ccc(C(F)(F)F)nc1. The zero-order valence-corrected chi connectivity index (χ0v) is 11.6. The van der Waals surface area contributed by atoms with Gasteiger partial charge < -0.3 is 5.32 Å². The maximum absolute atomic E-state index is 13.5. The Hall–Kier alpha value is -1.63. The van der Waals surface area contributed by atoms with Gasteiger partial charge in [0.15, 0.2) is 0 Å². The minimum atomic E-state index is -4.46. The van der Waals surface area contributed by atoms with Gasteiger partial charge in [0, 0.05) is 16.6 Å². The highest BCUT2D eigenvalue weighted by atomic mass is 79.9. The Kier molecular flexibility index (Phi) is 4.27. The van der Waals surface area contributed by atoms with Gasteiger partial charge in [-0.25, -0.2) is 9.37 Å². The molecule has 0 atom stereocenters. The molecule has 0 spiro atoms. The zero-order chi connectivity index (χ0) is 14.8. The third-order valence-corrected chi connectivity index (χ3v) is 3.05. The second kappa shape index (κ2) is 5.78. The van der Waals surface area contributed by atoms with Crippen LogP contribution in [0.1, 0.15) is 11.3 Å². The first-order chi connectivity index (χ1) is 9.36. The van der Waals surface area contributed by atoms with Crippen LogP contribution in [0.5, 0.6) is 0 Å². The molecule has 1 aromatic carbocycles. The fraction of sp³-hybridized carbons (Fsp3) is 0.154. The number of aromatic nitrogens is 1. The molecule has 20 heavy (non-hydrogen) atoms. The van der Waals surface area contributed by atoms with Crippen molar-refractivity contribution in [3.8, 4) is 0 Å². The fourth-order valence-electron chi connectivity index (χ4n) is 1.53. The van der Waals surface area contributed by atoms with Crippen LogP contribution in [0.25, 0.3) is 0 Å². The molecule has 0 bridgehead atoms. The number of hydrogen-bond donors (Lipinski definition) is 1. The molecule has 0 aliphatic carbocycles. The van der Waals surface area contributed by atoms with Crippen LogP contribution >= 0.6 is 15.9 Å². The molecule has 2 nitrogen and oxygen atoms in total. The number of nitrogens with zero attached hydrogens (tertiary/aromatic N) is 1. The van der Waals surface area contributed by atoms with Crippen molar-refractivity contribution < 1.29 is 17.6 Å². The Balaban J connectivity index is 2.04. The van der Waals surface area contributed by atoms with Gasteiger partial charge in [0.1, 0.15) is 11.5 Å². The summed E-state index contributed by atoms with van der Waals surface area (Å²) >= 11 is 3.14. The van der Waals surface area contributed by atoms with E-state index in [9.17, 15) is 17.6 Å². The summed E-state index contributed by atoms with van der Waals surface area (Å²) in [5, 5.41) is 2.81. The van der Waals surface area contributed by atoms with E-state index in [0.717, 1.165) is 12.3 Å². The topological polar surface area (TPSA) is 24.9 Å². The van der Waals surface area contributed by atoms with Crippen molar-refractivity contribution in [2.45, 2.75) is 12.7 Å². The van der Waals surface area contributed by atoms with Crippen LogP contribution in [0, 0.1) is 5.82 Å². The number of rotatable bonds is 3. The van der Waals surface area contributed by atoms with Gasteiger partial charge in [-0.05, 0) is 24.3 Å². The van der Waals surface area contributed by atoms with Gasteiger partial charge in [0.2, 0.25) is 0 Å². The van der Waals surface area contributed by atoms with Crippen LogP contribution in [-0.2, 0) is 12.7 Å². The molecule has 106 valence electrons. The molecule has 0 aliphatic rings. The Morgan fingerprint density at radius 2 is 1.90 bits per heavy atom. The molecule has 0 unspecified atom stereocenters. The number of halogens is 5. The van der Waals surface area contributed by atoms with Gasteiger partial charge in [0.25, 0.3) is 0 Å². The summed E-state index contributed by atoms with van der Waals surface area (Å²) in [7, 11) is 0. The average molecular weight is 349 g/mol. The number of anilines is 1. The highest BCUT2D eigenvalue weighted by Gasteiger charge is 2.31. The summed E-state index contributed by atoms with van der Waals surface area (Å²) in [4.78, 5) is 3.31. The molecule has 7 heteroatoms. The normalized spacial score (nSPS) is 11.4. The molecule has 1 N–H and O–H groups in total. The Morgan fingerprint density at radius 1 is 1.15 bits per heavy atom. The van der Waals surface area contributed by atoms with Crippen molar-refractivity contribution in [1.29, 1.82) is 0 Å².